The highest BCUT2D eigenvalue weighted by Gasteiger charge is 2.24. The number of aromatic nitrogens is 2. The van der Waals surface area contributed by atoms with Crippen molar-refractivity contribution in [1.82, 2.24) is 24.5 Å². The SMILES string of the molecule is CCc1nsc(N2CCN(C(=NC)NCC3CCCCN3CC)CC2)n1. The van der Waals surface area contributed by atoms with E-state index in [0.29, 0.717) is 6.04 Å². The van der Waals surface area contributed by atoms with Crippen LogP contribution in [0.5, 0.6) is 0 Å². The summed E-state index contributed by atoms with van der Waals surface area (Å²) in [5.74, 6) is 2.00. The van der Waals surface area contributed by atoms with Crippen LogP contribution in [0.4, 0.5) is 5.13 Å². The van der Waals surface area contributed by atoms with Gasteiger partial charge in [-0.2, -0.15) is 4.37 Å². The van der Waals surface area contributed by atoms with Gasteiger partial charge >= 0.3 is 0 Å². The molecular weight excluding hydrogens is 346 g/mol. The zero-order chi connectivity index (χ0) is 18.4. The molecule has 1 aromatic heterocycles. The normalized spacial score (nSPS) is 22.7. The topological polar surface area (TPSA) is 59.9 Å². The number of aliphatic imine (C=N–C) groups is 1. The Labute approximate surface area is 161 Å². The Hall–Kier alpha value is -1.41. The van der Waals surface area contributed by atoms with Crippen LogP contribution in [-0.2, 0) is 6.42 Å². The van der Waals surface area contributed by atoms with Gasteiger partial charge in [-0.25, -0.2) is 4.98 Å². The molecule has 1 N–H and O–H groups in total. The molecule has 2 saturated heterocycles. The summed E-state index contributed by atoms with van der Waals surface area (Å²) in [7, 11) is 1.89. The number of anilines is 1. The van der Waals surface area contributed by atoms with Gasteiger partial charge in [-0.1, -0.05) is 20.3 Å². The molecule has 2 aliphatic rings. The molecule has 2 aliphatic heterocycles. The van der Waals surface area contributed by atoms with E-state index in [1.807, 2.05) is 7.05 Å². The van der Waals surface area contributed by atoms with Gasteiger partial charge in [-0.15, -0.1) is 0 Å². The number of guanidine groups is 1. The van der Waals surface area contributed by atoms with Crippen molar-refractivity contribution in [2.24, 2.45) is 4.99 Å². The maximum absolute atomic E-state index is 4.62. The van der Waals surface area contributed by atoms with Crippen molar-refractivity contribution in [3.05, 3.63) is 5.82 Å². The Morgan fingerprint density at radius 1 is 1.19 bits per heavy atom. The van der Waals surface area contributed by atoms with Crippen LogP contribution < -0.4 is 10.2 Å². The number of aryl methyl sites for hydroxylation is 1. The smallest absolute Gasteiger partial charge is 0.205 e. The van der Waals surface area contributed by atoms with E-state index in [1.54, 1.807) is 0 Å². The lowest BCUT2D eigenvalue weighted by Crippen LogP contribution is -2.55. The summed E-state index contributed by atoms with van der Waals surface area (Å²) in [5.41, 5.74) is 0. The van der Waals surface area contributed by atoms with E-state index < -0.39 is 0 Å². The fraction of sp³-hybridized carbons (Fsp3) is 0.833. The number of likely N-dealkylation sites (N-methyl/N-ethyl adjacent to an activating group) is 1. The average Bonchev–Trinajstić information content (AvgIpc) is 3.18. The number of rotatable bonds is 5. The van der Waals surface area contributed by atoms with Crippen molar-refractivity contribution in [2.45, 2.75) is 45.6 Å². The molecule has 0 radical (unpaired) electrons. The summed E-state index contributed by atoms with van der Waals surface area (Å²) < 4.78 is 4.41. The minimum Gasteiger partial charge on any atom is -0.355 e. The minimum atomic E-state index is 0.639. The second-order valence-electron chi connectivity index (χ2n) is 7.03. The highest BCUT2D eigenvalue weighted by Crippen LogP contribution is 2.19. The first-order chi connectivity index (χ1) is 12.7. The minimum absolute atomic E-state index is 0.639. The second-order valence-corrected chi connectivity index (χ2v) is 7.76. The molecule has 3 rings (SSSR count). The molecule has 0 amide bonds. The molecule has 1 atom stereocenters. The number of nitrogens with zero attached hydrogens (tertiary/aromatic N) is 6. The highest BCUT2D eigenvalue weighted by molar-refractivity contribution is 7.09. The molecule has 0 bridgehead atoms. The van der Waals surface area contributed by atoms with Gasteiger partial charge in [0, 0.05) is 63.8 Å². The number of piperidine rings is 1. The summed E-state index contributed by atoms with van der Waals surface area (Å²) in [5, 5.41) is 4.69. The number of hydrogen-bond donors (Lipinski definition) is 1. The Bertz CT molecular complexity index is 580. The molecule has 26 heavy (non-hydrogen) atoms. The standard InChI is InChI=1S/C18H33N7S/c1-4-16-21-18(26-22-16)25-12-10-24(11-13-25)17(19-3)20-14-15-8-6-7-9-23(15)5-2/h15H,4-14H2,1-3H3,(H,19,20). The molecule has 0 saturated carbocycles. The van der Waals surface area contributed by atoms with Crippen LogP contribution in [0, 0.1) is 0 Å². The predicted octanol–water partition coefficient (Wildman–Crippen LogP) is 1.67. The molecular formula is C18H33N7S. The van der Waals surface area contributed by atoms with E-state index in [2.05, 4.69) is 48.2 Å². The molecule has 0 aromatic carbocycles. The average molecular weight is 380 g/mol. The zero-order valence-electron chi connectivity index (χ0n) is 16.4. The summed E-state index contributed by atoms with van der Waals surface area (Å²) in [6.07, 6.45) is 4.89. The summed E-state index contributed by atoms with van der Waals surface area (Å²) >= 11 is 1.52. The molecule has 3 heterocycles. The van der Waals surface area contributed by atoms with Crippen LogP contribution in [-0.4, -0.2) is 84.0 Å². The van der Waals surface area contributed by atoms with Crippen LogP contribution in [0.25, 0.3) is 0 Å². The van der Waals surface area contributed by atoms with E-state index in [1.165, 1.54) is 37.3 Å². The molecule has 0 aliphatic carbocycles. The lowest BCUT2D eigenvalue weighted by atomic mass is 10.0. The number of hydrogen-bond acceptors (Lipinski definition) is 6. The quantitative estimate of drug-likeness (QED) is 0.620. The van der Waals surface area contributed by atoms with Gasteiger partial charge in [0.15, 0.2) is 5.96 Å². The van der Waals surface area contributed by atoms with Crippen molar-refractivity contribution < 1.29 is 0 Å². The van der Waals surface area contributed by atoms with Gasteiger partial charge < -0.3 is 15.1 Å². The van der Waals surface area contributed by atoms with Crippen molar-refractivity contribution in [3.63, 3.8) is 0 Å². The van der Waals surface area contributed by atoms with E-state index in [-0.39, 0.29) is 0 Å². The molecule has 8 heteroatoms. The Morgan fingerprint density at radius 2 is 2.00 bits per heavy atom. The van der Waals surface area contributed by atoms with Crippen molar-refractivity contribution in [3.8, 4) is 0 Å². The summed E-state index contributed by atoms with van der Waals surface area (Å²) in [6.45, 7) is 11.7. The first-order valence-electron chi connectivity index (χ1n) is 10.0. The van der Waals surface area contributed by atoms with Gasteiger partial charge in [0.05, 0.1) is 0 Å². The summed E-state index contributed by atoms with van der Waals surface area (Å²) in [6, 6.07) is 0.639. The Balaban J connectivity index is 1.49. The van der Waals surface area contributed by atoms with Crippen molar-refractivity contribution in [2.75, 3.05) is 57.8 Å². The maximum atomic E-state index is 4.62. The molecule has 0 spiro atoms. The fourth-order valence-corrected chi connectivity index (χ4v) is 4.68. The first-order valence-corrected chi connectivity index (χ1v) is 10.8. The highest BCUT2D eigenvalue weighted by atomic mass is 32.1. The Morgan fingerprint density at radius 3 is 2.65 bits per heavy atom. The number of piperazine rings is 1. The van der Waals surface area contributed by atoms with Gasteiger partial charge in [0.1, 0.15) is 5.82 Å². The third-order valence-electron chi connectivity index (χ3n) is 5.49. The molecule has 7 nitrogen and oxygen atoms in total. The largest absolute Gasteiger partial charge is 0.355 e. The van der Waals surface area contributed by atoms with E-state index in [0.717, 1.165) is 62.6 Å². The third kappa shape index (κ3) is 4.65. The fourth-order valence-electron chi connectivity index (χ4n) is 3.88. The van der Waals surface area contributed by atoms with Crippen molar-refractivity contribution in [1.29, 1.82) is 0 Å². The van der Waals surface area contributed by atoms with Crippen LogP contribution in [0.2, 0.25) is 0 Å². The second kappa shape index (κ2) is 9.50. The van der Waals surface area contributed by atoms with Crippen molar-refractivity contribution >= 4 is 22.6 Å². The third-order valence-corrected chi connectivity index (χ3v) is 6.30. The van der Waals surface area contributed by atoms with Crippen LogP contribution in [0.1, 0.15) is 38.9 Å². The number of nitrogens with one attached hydrogen (secondary N) is 1. The van der Waals surface area contributed by atoms with E-state index in [9.17, 15) is 0 Å². The predicted molar refractivity (Wildman–Crippen MR) is 109 cm³/mol. The molecule has 146 valence electrons. The van der Waals surface area contributed by atoms with E-state index in [4.69, 9.17) is 0 Å². The molecule has 2 fully saturated rings. The van der Waals surface area contributed by atoms with E-state index >= 15 is 0 Å². The van der Waals surface area contributed by atoms with Crippen LogP contribution in [0.3, 0.4) is 0 Å². The maximum Gasteiger partial charge on any atom is 0.205 e. The lowest BCUT2D eigenvalue weighted by molar-refractivity contribution is 0.156. The van der Waals surface area contributed by atoms with Crippen LogP contribution >= 0.6 is 11.5 Å². The molecule has 1 aromatic rings. The van der Waals surface area contributed by atoms with Gasteiger partial charge in [-0.05, 0) is 25.9 Å². The zero-order valence-corrected chi connectivity index (χ0v) is 17.3. The molecule has 1 unspecified atom stereocenters. The van der Waals surface area contributed by atoms with Gasteiger partial charge in [-0.3, -0.25) is 9.89 Å². The lowest BCUT2D eigenvalue weighted by Gasteiger charge is -2.38. The van der Waals surface area contributed by atoms with Gasteiger partial charge in [0.25, 0.3) is 0 Å². The Kier molecular flexibility index (Phi) is 7.07. The van der Waals surface area contributed by atoms with Crippen LogP contribution in [0.15, 0.2) is 4.99 Å². The number of likely N-dealkylation sites (tertiary alicyclic amines) is 1. The summed E-state index contributed by atoms with van der Waals surface area (Å²) in [4.78, 5) is 16.5. The first kappa shape index (κ1) is 19.4. The van der Waals surface area contributed by atoms with Gasteiger partial charge in [0.2, 0.25) is 5.13 Å². The monoisotopic (exact) mass is 379 g/mol.